The summed E-state index contributed by atoms with van der Waals surface area (Å²) in [4.78, 5) is 11.9. The summed E-state index contributed by atoms with van der Waals surface area (Å²) >= 11 is 0. The Morgan fingerprint density at radius 2 is 2.00 bits per heavy atom. The number of carbonyl (C=O) groups excluding carboxylic acids is 1. The first-order chi connectivity index (χ1) is 10.1. The maximum absolute atomic E-state index is 11.9. The first-order valence-electron chi connectivity index (χ1n) is 8.64. The largest absolute Gasteiger partial charge is 0.393 e. The first kappa shape index (κ1) is 12.8. The smallest absolute Gasteiger partial charge is 0.187 e. The van der Waals surface area contributed by atoms with E-state index in [1.807, 2.05) is 0 Å². The molecular weight excluding hydrogens is 264 g/mol. The molecule has 1 aliphatic heterocycles. The molecule has 0 bridgehead atoms. The highest BCUT2D eigenvalue weighted by Gasteiger charge is 2.70. The minimum atomic E-state index is -0.129. The Morgan fingerprint density at radius 1 is 1.19 bits per heavy atom. The van der Waals surface area contributed by atoms with Gasteiger partial charge in [-0.2, -0.15) is 0 Å². The number of hydrogen-bond donors (Lipinski definition) is 1. The van der Waals surface area contributed by atoms with Gasteiger partial charge in [0.05, 0.1) is 6.10 Å². The fourth-order valence-electron chi connectivity index (χ4n) is 6.59. The topological polar surface area (TPSA) is 49.8 Å². The second-order valence-electron chi connectivity index (χ2n) is 8.35. The van der Waals surface area contributed by atoms with Gasteiger partial charge in [0.2, 0.25) is 0 Å². The molecule has 8 atom stereocenters. The van der Waals surface area contributed by atoms with Crippen LogP contribution in [-0.2, 0) is 9.53 Å². The first-order valence-corrected chi connectivity index (χ1v) is 8.64. The summed E-state index contributed by atoms with van der Waals surface area (Å²) in [5.74, 6) is 2.69. The highest BCUT2D eigenvalue weighted by molar-refractivity contribution is 5.98. The number of fused-ring (bicyclic) bond motifs is 4. The summed E-state index contributed by atoms with van der Waals surface area (Å²) in [6.45, 7) is 2.31. The molecule has 4 fully saturated rings. The molecule has 0 aromatic rings. The number of ketones is 1. The van der Waals surface area contributed by atoms with Crippen molar-refractivity contribution in [1.29, 1.82) is 0 Å². The quantitative estimate of drug-likeness (QED) is 0.697. The van der Waals surface area contributed by atoms with E-state index in [0.29, 0.717) is 17.8 Å². The molecule has 114 valence electrons. The lowest BCUT2D eigenvalue weighted by molar-refractivity contribution is -0.116. The van der Waals surface area contributed by atoms with E-state index >= 15 is 0 Å². The van der Waals surface area contributed by atoms with Crippen molar-refractivity contribution in [3.63, 3.8) is 0 Å². The second-order valence-corrected chi connectivity index (χ2v) is 8.35. The van der Waals surface area contributed by atoms with Crippen molar-refractivity contribution >= 4 is 5.78 Å². The molecule has 0 amide bonds. The maximum atomic E-state index is 11.9. The van der Waals surface area contributed by atoms with Gasteiger partial charge in [0.25, 0.3) is 0 Å². The molecule has 0 aromatic heterocycles. The number of aliphatic hydroxyl groups is 1. The number of epoxide rings is 1. The molecule has 1 spiro atoms. The van der Waals surface area contributed by atoms with E-state index in [4.69, 9.17) is 4.74 Å². The SMILES string of the molecule is C[C@]12CC[C@H]3[C@@H](CCC45O[C@@H]4C(=O)C=C[C@H]35)[C@@H]1CC[C@@H]2O. The minimum Gasteiger partial charge on any atom is -0.393 e. The van der Waals surface area contributed by atoms with Crippen LogP contribution in [0.25, 0.3) is 0 Å². The van der Waals surface area contributed by atoms with Crippen molar-refractivity contribution in [2.24, 2.45) is 29.1 Å². The number of rotatable bonds is 0. The standard InChI is InChI=1S/C18H24O3/c1-17-8-6-11-10(12(17)3-5-15(17)20)7-9-18-13(11)2-4-14(19)16(18)21-18/h2,4,10-13,15-16,20H,3,5-9H2,1H3/t10-,11+,12+,13-,15+,16-,17+,18?/m1/s1. The van der Waals surface area contributed by atoms with Crippen LogP contribution in [0.5, 0.6) is 0 Å². The van der Waals surface area contributed by atoms with Gasteiger partial charge in [-0.25, -0.2) is 0 Å². The van der Waals surface area contributed by atoms with Crippen LogP contribution in [0.1, 0.15) is 45.4 Å². The van der Waals surface area contributed by atoms with Crippen molar-refractivity contribution in [2.75, 3.05) is 0 Å². The third-order valence-corrected chi connectivity index (χ3v) is 7.79. The van der Waals surface area contributed by atoms with E-state index in [1.54, 1.807) is 6.08 Å². The molecule has 5 rings (SSSR count). The lowest BCUT2D eigenvalue weighted by atomic mass is 9.51. The average Bonchev–Trinajstić information content (AvgIpc) is 3.13. The van der Waals surface area contributed by atoms with E-state index in [-0.39, 0.29) is 29.0 Å². The van der Waals surface area contributed by atoms with Gasteiger partial charge in [0.15, 0.2) is 11.9 Å². The molecular formula is C18H24O3. The Hall–Kier alpha value is -0.670. The molecule has 21 heavy (non-hydrogen) atoms. The zero-order valence-corrected chi connectivity index (χ0v) is 12.6. The van der Waals surface area contributed by atoms with Gasteiger partial charge in [0, 0.05) is 5.92 Å². The minimum absolute atomic E-state index is 0.104. The molecule has 5 aliphatic rings. The summed E-state index contributed by atoms with van der Waals surface area (Å²) in [6.07, 6.45) is 10.4. The van der Waals surface area contributed by atoms with E-state index in [2.05, 4.69) is 13.0 Å². The van der Waals surface area contributed by atoms with E-state index < -0.39 is 0 Å². The lowest BCUT2D eigenvalue weighted by Gasteiger charge is -2.53. The van der Waals surface area contributed by atoms with Crippen LogP contribution in [-0.4, -0.2) is 28.7 Å². The molecule has 0 aromatic carbocycles. The number of ether oxygens (including phenoxy) is 1. The molecule has 3 heteroatoms. The highest BCUT2D eigenvalue weighted by Crippen LogP contribution is 2.66. The molecule has 1 N–H and O–H groups in total. The van der Waals surface area contributed by atoms with Gasteiger partial charge in [0.1, 0.15) is 5.60 Å². The maximum Gasteiger partial charge on any atom is 0.187 e. The molecule has 1 saturated heterocycles. The molecule has 1 heterocycles. The van der Waals surface area contributed by atoms with Gasteiger partial charge in [-0.05, 0) is 67.8 Å². The van der Waals surface area contributed by atoms with E-state index in [0.717, 1.165) is 25.2 Å². The molecule has 3 saturated carbocycles. The fourth-order valence-corrected chi connectivity index (χ4v) is 6.59. The summed E-state index contributed by atoms with van der Waals surface area (Å²) in [7, 11) is 0. The Kier molecular flexibility index (Phi) is 2.32. The van der Waals surface area contributed by atoms with Crippen molar-refractivity contribution in [1.82, 2.24) is 0 Å². The Morgan fingerprint density at radius 3 is 2.86 bits per heavy atom. The zero-order valence-electron chi connectivity index (χ0n) is 12.6. The number of carbonyl (C=O) groups is 1. The molecule has 4 aliphatic carbocycles. The van der Waals surface area contributed by atoms with Gasteiger partial charge >= 0.3 is 0 Å². The zero-order chi connectivity index (χ0) is 14.4. The Bertz CT molecular complexity index is 541. The predicted octanol–water partition coefficient (Wildman–Crippen LogP) is 2.48. The molecule has 0 radical (unpaired) electrons. The third kappa shape index (κ3) is 1.40. The monoisotopic (exact) mass is 288 g/mol. The summed E-state index contributed by atoms with van der Waals surface area (Å²) in [6, 6.07) is 0. The van der Waals surface area contributed by atoms with Gasteiger partial charge < -0.3 is 9.84 Å². The number of hydrogen-bond acceptors (Lipinski definition) is 3. The molecule has 3 nitrogen and oxygen atoms in total. The van der Waals surface area contributed by atoms with Crippen LogP contribution < -0.4 is 0 Å². The Labute approximate surface area is 125 Å². The highest BCUT2D eigenvalue weighted by atomic mass is 16.6. The van der Waals surface area contributed by atoms with Crippen LogP contribution in [0.2, 0.25) is 0 Å². The van der Waals surface area contributed by atoms with Crippen molar-refractivity contribution in [2.45, 2.75) is 63.3 Å². The lowest BCUT2D eigenvalue weighted by Crippen LogP contribution is -2.51. The van der Waals surface area contributed by atoms with E-state index in [9.17, 15) is 9.90 Å². The van der Waals surface area contributed by atoms with Crippen molar-refractivity contribution in [3.8, 4) is 0 Å². The van der Waals surface area contributed by atoms with E-state index in [1.165, 1.54) is 19.3 Å². The summed E-state index contributed by atoms with van der Waals surface area (Å²) < 4.78 is 5.93. The van der Waals surface area contributed by atoms with Gasteiger partial charge in [-0.15, -0.1) is 0 Å². The molecule has 1 unspecified atom stereocenters. The average molecular weight is 288 g/mol. The number of aliphatic hydroxyl groups excluding tert-OH is 1. The normalized spacial score (nSPS) is 60.8. The fraction of sp³-hybridized carbons (Fsp3) is 0.833. The van der Waals surface area contributed by atoms with Crippen molar-refractivity contribution < 1.29 is 14.6 Å². The third-order valence-electron chi connectivity index (χ3n) is 7.79. The Balaban J connectivity index is 1.50. The van der Waals surface area contributed by atoms with Crippen LogP contribution in [0, 0.1) is 29.1 Å². The summed E-state index contributed by atoms with van der Waals surface area (Å²) in [5, 5.41) is 10.4. The second kappa shape index (κ2) is 3.80. The van der Waals surface area contributed by atoms with Crippen LogP contribution in [0.4, 0.5) is 0 Å². The van der Waals surface area contributed by atoms with Crippen LogP contribution >= 0.6 is 0 Å². The predicted molar refractivity (Wildman–Crippen MR) is 77.5 cm³/mol. The van der Waals surface area contributed by atoms with Gasteiger partial charge in [-0.3, -0.25) is 4.79 Å². The van der Waals surface area contributed by atoms with Crippen molar-refractivity contribution in [3.05, 3.63) is 12.2 Å². The summed E-state index contributed by atoms with van der Waals surface area (Å²) in [5.41, 5.74) is 0.0155. The van der Waals surface area contributed by atoms with Crippen LogP contribution in [0.3, 0.4) is 0 Å². The van der Waals surface area contributed by atoms with Crippen LogP contribution in [0.15, 0.2) is 12.2 Å². The van der Waals surface area contributed by atoms with Gasteiger partial charge in [-0.1, -0.05) is 13.0 Å².